The summed E-state index contributed by atoms with van der Waals surface area (Å²) < 4.78 is 34.4. The van der Waals surface area contributed by atoms with Gasteiger partial charge in [0.15, 0.2) is 5.75 Å². The first-order valence-electron chi connectivity index (χ1n) is 12.5. The molecular weight excluding hydrogens is 558 g/mol. The molecule has 0 saturated heterocycles. The summed E-state index contributed by atoms with van der Waals surface area (Å²) in [6.07, 6.45) is 0. The van der Waals surface area contributed by atoms with E-state index in [-0.39, 0.29) is 39.3 Å². The van der Waals surface area contributed by atoms with Crippen molar-refractivity contribution in [1.82, 2.24) is 15.0 Å². The van der Waals surface area contributed by atoms with Crippen LogP contribution in [0.4, 0.5) is 34.6 Å². The van der Waals surface area contributed by atoms with E-state index < -0.39 is 16.1 Å². The molecule has 1 heterocycles. The Bertz CT molecular complexity index is 2110. The molecule has 208 valence electrons. The number of benzene rings is 5. The van der Waals surface area contributed by atoms with Crippen LogP contribution < -0.4 is 10.6 Å². The number of hydrogen-bond acceptors (Lipinski definition) is 11. The molecule has 0 aliphatic heterocycles. The number of para-hydroxylation sites is 1. The highest BCUT2D eigenvalue weighted by molar-refractivity contribution is 7.86. The van der Waals surface area contributed by atoms with Gasteiger partial charge in [-0.05, 0) is 41.1 Å². The standard InChI is InChI=1S/C29H21N7O5S/c37-25-22(35-36-23-16-13-17-7-4-5-11-20(17)26(23)42(39,40)41)15-14-18-8-6-12-21(24(18)25)31-28-32-27(33-29(38)34-28)30-19-9-2-1-3-10-19/h1-16,37H,(H,39,40,41)(H3,30,31,32,33,34,38)/b36-35+. The van der Waals surface area contributed by atoms with Crippen molar-refractivity contribution in [3.05, 3.63) is 97.1 Å². The molecule has 6 aromatic rings. The summed E-state index contributed by atoms with van der Waals surface area (Å²) >= 11 is 0. The highest BCUT2D eigenvalue weighted by atomic mass is 32.2. The van der Waals surface area contributed by atoms with E-state index in [1.807, 2.05) is 30.3 Å². The molecule has 0 atom stereocenters. The smallest absolute Gasteiger partial charge is 0.320 e. The first-order chi connectivity index (χ1) is 20.3. The molecule has 0 aliphatic rings. The number of phenolic OH excluding ortho intramolecular Hbond substituents is 1. The molecule has 1 aromatic heterocycles. The van der Waals surface area contributed by atoms with Crippen LogP contribution in [0.15, 0.2) is 112 Å². The molecular formula is C29H21N7O5S. The van der Waals surface area contributed by atoms with Crippen LogP contribution in [0.2, 0.25) is 0 Å². The minimum Gasteiger partial charge on any atom is -0.505 e. The average Bonchev–Trinajstić information content (AvgIpc) is 2.96. The number of aromatic hydroxyl groups is 2. The average molecular weight is 580 g/mol. The SMILES string of the molecule is O=S(=O)(O)c1c(/N=N/c2ccc3cccc(Nc4nc(O)nc(Nc5ccccc5)n4)c3c2O)ccc2ccccc12. The maximum Gasteiger partial charge on any atom is 0.320 e. The van der Waals surface area contributed by atoms with Crippen molar-refractivity contribution < 1.29 is 23.2 Å². The van der Waals surface area contributed by atoms with Gasteiger partial charge in [0.05, 0.1) is 5.69 Å². The highest BCUT2D eigenvalue weighted by Gasteiger charge is 2.20. The Morgan fingerprint density at radius 1 is 0.643 bits per heavy atom. The van der Waals surface area contributed by atoms with Gasteiger partial charge in [0.1, 0.15) is 16.3 Å². The molecule has 5 N–H and O–H groups in total. The van der Waals surface area contributed by atoms with Crippen LogP contribution in [0, 0.1) is 0 Å². The zero-order valence-electron chi connectivity index (χ0n) is 21.5. The van der Waals surface area contributed by atoms with E-state index in [0.717, 1.165) is 0 Å². The molecule has 0 spiro atoms. The van der Waals surface area contributed by atoms with Crippen molar-refractivity contribution in [1.29, 1.82) is 0 Å². The van der Waals surface area contributed by atoms with Crippen molar-refractivity contribution in [2.24, 2.45) is 10.2 Å². The number of anilines is 4. The van der Waals surface area contributed by atoms with E-state index in [1.54, 1.807) is 54.6 Å². The molecule has 12 nitrogen and oxygen atoms in total. The van der Waals surface area contributed by atoms with Crippen LogP contribution in [0.5, 0.6) is 11.8 Å². The summed E-state index contributed by atoms with van der Waals surface area (Å²) in [5.74, 6) is -0.150. The summed E-state index contributed by atoms with van der Waals surface area (Å²) in [5.41, 5.74) is 1.04. The van der Waals surface area contributed by atoms with Crippen LogP contribution >= 0.6 is 0 Å². The van der Waals surface area contributed by atoms with E-state index in [4.69, 9.17) is 0 Å². The Balaban J connectivity index is 1.38. The second-order valence-corrected chi connectivity index (χ2v) is 10.4. The van der Waals surface area contributed by atoms with Crippen molar-refractivity contribution in [2.75, 3.05) is 10.6 Å². The minimum atomic E-state index is -4.65. The third-order valence-corrected chi connectivity index (χ3v) is 7.22. The number of hydrogen-bond donors (Lipinski definition) is 5. The zero-order chi connectivity index (χ0) is 29.3. The second-order valence-electron chi connectivity index (χ2n) is 9.05. The van der Waals surface area contributed by atoms with Gasteiger partial charge in [0, 0.05) is 16.5 Å². The number of azo groups is 1. The molecule has 42 heavy (non-hydrogen) atoms. The van der Waals surface area contributed by atoms with Gasteiger partial charge in [-0.1, -0.05) is 66.7 Å². The minimum absolute atomic E-state index is 0.00817. The van der Waals surface area contributed by atoms with E-state index in [0.29, 0.717) is 27.5 Å². The normalized spacial score (nSPS) is 11.7. The van der Waals surface area contributed by atoms with Crippen LogP contribution in [-0.4, -0.2) is 38.1 Å². The van der Waals surface area contributed by atoms with Gasteiger partial charge in [-0.3, -0.25) is 4.55 Å². The fourth-order valence-corrected chi connectivity index (χ4v) is 5.31. The molecule has 0 unspecified atom stereocenters. The van der Waals surface area contributed by atoms with Crippen molar-refractivity contribution in [3.8, 4) is 11.8 Å². The predicted molar refractivity (Wildman–Crippen MR) is 158 cm³/mol. The number of phenols is 1. The van der Waals surface area contributed by atoms with Gasteiger partial charge < -0.3 is 20.8 Å². The first kappa shape index (κ1) is 26.6. The van der Waals surface area contributed by atoms with Crippen molar-refractivity contribution in [2.45, 2.75) is 4.90 Å². The highest BCUT2D eigenvalue weighted by Crippen LogP contribution is 2.41. The third kappa shape index (κ3) is 5.37. The molecule has 6 rings (SSSR count). The fraction of sp³-hybridized carbons (Fsp3) is 0. The lowest BCUT2D eigenvalue weighted by atomic mass is 10.1. The van der Waals surface area contributed by atoms with Gasteiger partial charge >= 0.3 is 6.01 Å². The molecule has 5 aromatic carbocycles. The Kier molecular flexibility index (Phi) is 6.78. The van der Waals surface area contributed by atoms with Crippen molar-refractivity contribution in [3.63, 3.8) is 0 Å². The van der Waals surface area contributed by atoms with E-state index in [9.17, 15) is 23.2 Å². The number of nitrogens with zero attached hydrogens (tertiary/aromatic N) is 5. The topological polar surface area (TPSA) is 182 Å². The Hall–Kier alpha value is -5.66. The molecule has 0 fully saturated rings. The lowest BCUT2D eigenvalue weighted by molar-refractivity contribution is 0.430. The predicted octanol–water partition coefficient (Wildman–Crippen LogP) is 6.74. The Labute approximate surface area is 238 Å². The molecule has 0 radical (unpaired) electrons. The Morgan fingerprint density at radius 2 is 1.29 bits per heavy atom. The van der Waals surface area contributed by atoms with E-state index in [1.165, 1.54) is 12.1 Å². The van der Waals surface area contributed by atoms with Crippen LogP contribution in [0.1, 0.15) is 0 Å². The monoisotopic (exact) mass is 579 g/mol. The van der Waals surface area contributed by atoms with E-state index in [2.05, 4.69) is 35.8 Å². The summed E-state index contributed by atoms with van der Waals surface area (Å²) in [6, 6.07) is 26.8. The van der Waals surface area contributed by atoms with Gasteiger partial charge in [0.25, 0.3) is 10.1 Å². The molecule has 0 amide bonds. The summed E-state index contributed by atoms with van der Waals surface area (Å²) in [5, 5.41) is 37.4. The summed E-state index contributed by atoms with van der Waals surface area (Å²) in [7, 11) is -4.65. The number of fused-ring (bicyclic) bond motifs is 2. The fourth-order valence-electron chi connectivity index (χ4n) is 4.47. The van der Waals surface area contributed by atoms with E-state index >= 15 is 0 Å². The molecule has 0 saturated carbocycles. The Morgan fingerprint density at radius 3 is 2.07 bits per heavy atom. The van der Waals surface area contributed by atoms with Crippen LogP contribution in [-0.2, 0) is 10.1 Å². The van der Waals surface area contributed by atoms with Crippen LogP contribution in [0.3, 0.4) is 0 Å². The lowest BCUT2D eigenvalue weighted by Gasteiger charge is -2.12. The molecule has 13 heteroatoms. The number of nitrogens with one attached hydrogen (secondary N) is 2. The molecule has 0 aliphatic carbocycles. The quantitative estimate of drug-likeness (QED) is 0.100. The zero-order valence-corrected chi connectivity index (χ0v) is 22.4. The summed E-state index contributed by atoms with van der Waals surface area (Å²) in [6.45, 7) is 0. The van der Waals surface area contributed by atoms with Gasteiger partial charge in [-0.2, -0.15) is 23.4 Å². The maximum absolute atomic E-state index is 12.2. The second kappa shape index (κ2) is 10.7. The van der Waals surface area contributed by atoms with Crippen LogP contribution in [0.25, 0.3) is 21.5 Å². The third-order valence-electron chi connectivity index (χ3n) is 6.28. The van der Waals surface area contributed by atoms with Gasteiger partial charge in [0.2, 0.25) is 11.9 Å². The van der Waals surface area contributed by atoms with Gasteiger partial charge in [-0.25, -0.2) is 0 Å². The first-order valence-corrected chi connectivity index (χ1v) is 13.9. The van der Waals surface area contributed by atoms with Gasteiger partial charge in [-0.15, -0.1) is 10.2 Å². The number of rotatable bonds is 7. The largest absolute Gasteiger partial charge is 0.505 e. The van der Waals surface area contributed by atoms with Crippen molar-refractivity contribution >= 4 is 66.3 Å². The summed E-state index contributed by atoms with van der Waals surface area (Å²) in [4.78, 5) is 11.8. The maximum atomic E-state index is 12.2. The lowest BCUT2D eigenvalue weighted by Crippen LogP contribution is -2.03. The number of aromatic nitrogens is 3. The molecule has 0 bridgehead atoms.